The van der Waals surface area contributed by atoms with Gasteiger partial charge in [-0.2, -0.15) is 13.2 Å². The number of carbonyl (C=O) groups excluding carboxylic acids is 2. The molecule has 204 valence electrons. The Morgan fingerprint density at radius 2 is 1.79 bits per heavy atom. The third-order valence-electron chi connectivity index (χ3n) is 5.74. The Morgan fingerprint density at radius 3 is 2.51 bits per heavy atom. The second-order valence-electron chi connectivity index (χ2n) is 8.45. The molecule has 39 heavy (non-hydrogen) atoms. The summed E-state index contributed by atoms with van der Waals surface area (Å²) >= 11 is 7.25. The van der Waals surface area contributed by atoms with Gasteiger partial charge >= 0.3 is 6.18 Å². The molecule has 4 rings (SSSR count). The quantitative estimate of drug-likeness (QED) is 0.202. The summed E-state index contributed by atoms with van der Waals surface area (Å²) in [6.07, 6.45) is -2.66. The average molecular weight is 576 g/mol. The molecule has 0 spiro atoms. The molecule has 4 aromatic rings. The smallest absolute Gasteiger partial charge is 0.416 e. The number of thioether (sulfide) groups is 1. The zero-order chi connectivity index (χ0) is 28.0. The number of para-hydroxylation sites is 1. The number of halogens is 4. The van der Waals surface area contributed by atoms with Crippen LogP contribution in [0.3, 0.4) is 0 Å². The third-order valence-corrected chi connectivity index (χ3v) is 7.12. The lowest BCUT2D eigenvalue weighted by Crippen LogP contribution is -2.27. The van der Waals surface area contributed by atoms with Gasteiger partial charge in [-0.3, -0.25) is 9.59 Å². The lowest BCUT2D eigenvalue weighted by molar-refractivity contribution is -0.137. The molecule has 2 amide bonds. The molecule has 0 fully saturated rings. The minimum Gasteiger partial charge on any atom is -0.494 e. The average Bonchev–Trinajstić information content (AvgIpc) is 3.26. The fraction of sp³-hybridized carbons (Fsp3) is 0.214. The summed E-state index contributed by atoms with van der Waals surface area (Å²) in [4.78, 5) is 25.9. The van der Waals surface area contributed by atoms with Crippen molar-refractivity contribution in [1.82, 2.24) is 9.88 Å². The van der Waals surface area contributed by atoms with Crippen LogP contribution in [0.5, 0.6) is 5.75 Å². The van der Waals surface area contributed by atoms with Gasteiger partial charge in [-0.15, -0.1) is 11.8 Å². The van der Waals surface area contributed by atoms with Gasteiger partial charge in [0.25, 0.3) is 5.91 Å². The summed E-state index contributed by atoms with van der Waals surface area (Å²) in [6.45, 7) is 3.31. The molecule has 0 saturated heterocycles. The van der Waals surface area contributed by atoms with Crippen LogP contribution < -0.4 is 15.4 Å². The third kappa shape index (κ3) is 7.27. The molecule has 0 atom stereocenters. The van der Waals surface area contributed by atoms with Gasteiger partial charge < -0.3 is 19.9 Å². The van der Waals surface area contributed by atoms with E-state index >= 15 is 0 Å². The SMILES string of the molecule is CCOc1ccc(C(=O)NCCn2cc(SCC(=O)Nc3cc(C(F)(F)F)ccc3Cl)c3ccccc32)cc1. The lowest BCUT2D eigenvalue weighted by Gasteiger charge is -2.11. The number of nitrogens with zero attached hydrogens (tertiary/aromatic N) is 1. The van der Waals surface area contributed by atoms with Crippen LogP contribution >= 0.6 is 23.4 Å². The number of rotatable bonds is 10. The number of hydrogen-bond donors (Lipinski definition) is 2. The van der Waals surface area contributed by atoms with Gasteiger partial charge in [-0.05, 0) is 55.5 Å². The molecule has 6 nitrogen and oxygen atoms in total. The summed E-state index contributed by atoms with van der Waals surface area (Å²) in [6, 6.07) is 17.3. The first-order valence-corrected chi connectivity index (χ1v) is 13.4. The van der Waals surface area contributed by atoms with E-state index in [1.807, 2.05) is 42.0 Å². The minimum atomic E-state index is -4.55. The molecule has 11 heteroatoms. The monoisotopic (exact) mass is 575 g/mol. The topological polar surface area (TPSA) is 72.4 Å². The Bertz CT molecular complexity index is 1470. The van der Waals surface area contributed by atoms with E-state index in [9.17, 15) is 22.8 Å². The van der Waals surface area contributed by atoms with Crippen LogP contribution in [0.1, 0.15) is 22.8 Å². The summed E-state index contributed by atoms with van der Waals surface area (Å²) in [5.74, 6) is -0.0195. The van der Waals surface area contributed by atoms with Gasteiger partial charge in [0.15, 0.2) is 0 Å². The Labute approximate surface area is 232 Å². The van der Waals surface area contributed by atoms with E-state index in [-0.39, 0.29) is 22.4 Å². The van der Waals surface area contributed by atoms with Gasteiger partial charge in [-0.1, -0.05) is 29.8 Å². The van der Waals surface area contributed by atoms with Crippen molar-refractivity contribution in [3.05, 3.63) is 89.1 Å². The Morgan fingerprint density at radius 1 is 1.05 bits per heavy atom. The van der Waals surface area contributed by atoms with Crippen molar-refractivity contribution in [3.8, 4) is 5.75 Å². The zero-order valence-electron chi connectivity index (χ0n) is 20.8. The van der Waals surface area contributed by atoms with E-state index in [0.717, 1.165) is 34.0 Å². The van der Waals surface area contributed by atoms with Crippen molar-refractivity contribution in [3.63, 3.8) is 0 Å². The number of hydrogen-bond acceptors (Lipinski definition) is 4. The molecule has 0 aliphatic heterocycles. The van der Waals surface area contributed by atoms with E-state index in [0.29, 0.717) is 31.0 Å². The number of amides is 2. The van der Waals surface area contributed by atoms with Gasteiger partial charge in [0.1, 0.15) is 5.75 Å². The highest BCUT2D eigenvalue weighted by molar-refractivity contribution is 8.00. The van der Waals surface area contributed by atoms with Crippen LogP contribution in [0.25, 0.3) is 10.9 Å². The van der Waals surface area contributed by atoms with Crippen molar-refractivity contribution in [2.24, 2.45) is 0 Å². The molecule has 0 aliphatic carbocycles. The number of benzene rings is 3. The second kappa shape index (κ2) is 12.5. The number of nitrogens with one attached hydrogen (secondary N) is 2. The van der Waals surface area contributed by atoms with E-state index in [4.69, 9.17) is 16.3 Å². The van der Waals surface area contributed by atoms with Crippen molar-refractivity contribution in [2.75, 3.05) is 24.2 Å². The summed E-state index contributed by atoms with van der Waals surface area (Å²) in [5.41, 5.74) is 0.464. The van der Waals surface area contributed by atoms with Crippen LogP contribution in [0.2, 0.25) is 5.02 Å². The molecular formula is C28H25ClF3N3O3S. The zero-order valence-corrected chi connectivity index (χ0v) is 22.4. The first-order valence-electron chi connectivity index (χ1n) is 12.0. The first-order chi connectivity index (χ1) is 18.7. The number of aromatic nitrogens is 1. The van der Waals surface area contributed by atoms with Crippen LogP contribution in [-0.2, 0) is 17.5 Å². The van der Waals surface area contributed by atoms with Crippen molar-refractivity contribution in [1.29, 1.82) is 0 Å². The molecule has 2 N–H and O–H groups in total. The molecule has 1 heterocycles. The maximum absolute atomic E-state index is 13.0. The second-order valence-corrected chi connectivity index (χ2v) is 9.87. The Kier molecular flexibility index (Phi) is 9.08. The van der Waals surface area contributed by atoms with Crippen molar-refractivity contribution < 1.29 is 27.5 Å². The predicted octanol–water partition coefficient (Wildman–Crippen LogP) is 6.87. The van der Waals surface area contributed by atoms with Crippen LogP contribution in [0.15, 0.2) is 77.8 Å². The number of fused-ring (bicyclic) bond motifs is 1. The summed E-state index contributed by atoms with van der Waals surface area (Å²) < 4.78 is 46.5. The van der Waals surface area contributed by atoms with Crippen molar-refractivity contribution in [2.45, 2.75) is 24.5 Å². The van der Waals surface area contributed by atoms with Gasteiger partial charge in [0, 0.05) is 40.6 Å². The highest BCUT2D eigenvalue weighted by atomic mass is 35.5. The van der Waals surface area contributed by atoms with E-state index < -0.39 is 17.6 Å². The van der Waals surface area contributed by atoms with Crippen LogP contribution in [-0.4, -0.2) is 35.3 Å². The lowest BCUT2D eigenvalue weighted by atomic mass is 10.2. The molecule has 3 aromatic carbocycles. The summed E-state index contributed by atoms with van der Waals surface area (Å²) in [7, 11) is 0. The fourth-order valence-electron chi connectivity index (χ4n) is 3.90. The number of carbonyl (C=O) groups is 2. The number of ether oxygens (including phenoxy) is 1. The van der Waals surface area contributed by atoms with Gasteiger partial charge in [0.2, 0.25) is 5.91 Å². The largest absolute Gasteiger partial charge is 0.494 e. The standard InChI is InChI=1S/C28H25ClF3N3O3S/c1-2-38-20-10-7-18(8-11-20)27(37)33-13-14-35-16-25(21-5-3-4-6-24(21)35)39-17-26(36)34-23-15-19(28(30,31)32)9-12-22(23)29/h3-12,15-16H,2,13-14,17H2,1H3,(H,33,37)(H,34,36). The highest BCUT2D eigenvalue weighted by Gasteiger charge is 2.31. The van der Waals surface area contributed by atoms with Crippen LogP contribution in [0.4, 0.5) is 18.9 Å². The van der Waals surface area contributed by atoms with Gasteiger partial charge in [0.05, 0.1) is 28.6 Å². The predicted molar refractivity (Wildman–Crippen MR) is 148 cm³/mol. The normalized spacial score (nSPS) is 11.4. The Balaban J connectivity index is 1.37. The molecule has 0 radical (unpaired) electrons. The van der Waals surface area contributed by atoms with Crippen molar-refractivity contribution >= 4 is 51.8 Å². The maximum atomic E-state index is 13.0. The number of anilines is 1. The van der Waals surface area contributed by atoms with E-state index in [1.165, 1.54) is 11.8 Å². The maximum Gasteiger partial charge on any atom is 0.416 e. The first kappa shape index (κ1) is 28.4. The fourth-order valence-corrected chi connectivity index (χ4v) is 4.95. The molecule has 0 bridgehead atoms. The van der Waals surface area contributed by atoms with E-state index in [2.05, 4.69) is 10.6 Å². The van der Waals surface area contributed by atoms with Crippen LogP contribution in [0, 0.1) is 0 Å². The van der Waals surface area contributed by atoms with Gasteiger partial charge in [-0.25, -0.2) is 0 Å². The highest BCUT2D eigenvalue weighted by Crippen LogP contribution is 2.34. The minimum absolute atomic E-state index is 0.0187. The molecule has 0 aliphatic rings. The molecule has 1 aromatic heterocycles. The van der Waals surface area contributed by atoms with E-state index in [1.54, 1.807) is 24.3 Å². The molecule has 0 saturated carbocycles. The molecule has 0 unspecified atom stereocenters. The molecular weight excluding hydrogens is 551 g/mol. The Hall–Kier alpha value is -3.63. The summed E-state index contributed by atoms with van der Waals surface area (Å²) in [5, 5.41) is 6.31. The number of alkyl halides is 3.